The number of nitrogens with zero attached hydrogens (tertiary/aromatic N) is 1. The fourth-order valence-electron chi connectivity index (χ4n) is 1.91. The minimum atomic E-state index is -0.607. The lowest BCUT2D eigenvalue weighted by atomic mass is 10.1. The summed E-state index contributed by atoms with van der Waals surface area (Å²) in [4.78, 5) is 24.6. The van der Waals surface area contributed by atoms with Gasteiger partial charge in [-0.3, -0.25) is 9.59 Å². The van der Waals surface area contributed by atoms with E-state index in [0.29, 0.717) is 17.9 Å². The Labute approximate surface area is 115 Å². The van der Waals surface area contributed by atoms with Crippen LogP contribution in [-0.2, 0) is 16.0 Å². The van der Waals surface area contributed by atoms with Crippen molar-refractivity contribution in [1.82, 2.24) is 4.90 Å². The molecule has 1 aliphatic rings. The fraction of sp³-hybridized carbons (Fsp3) is 0.308. The smallest absolute Gasteiger partial charge is 0.250 e. The summed E-state index contributed by atoms with van der Waals surface area (Å²) in [7, 11) is 0. The van der Waals surface area contributed by atoms with E-state index in [-0.39, 0.29) is 18.1 Å². The highest BCUT2D eigenvalue weighted by atomic mass is 32.2. The Bertz CT molecular complexity index is 495. The number of nitrogens with two attached hydrogens (primary N) is 1. The van der Waals surface area contributed by atoms with Crippen LogP contribution in [0, 0.1) is 12.2 Å². The third-order valence-electron chi connectivity index (χ3n) is 2.87. The van der Waals surface area contributed by atoms with Crippen molar-refractivity contribution in [3.05, 3.63) is 42.1 Å². The maximum Gasteiger partial charge on any atom is 0.250 e. The lowest BCUT2D eigenvalue weighted by Crippen LogP contribution is -2.42. The summed E-state index contributed by atoms with van der Waals surface area (Å²) in [6, 6.07) is 6.30. The van der Waals surface area contributed by atoms with Gasteiger partial charge in [0.05, 0.1) is 6.42 Å². The Morgan fingerprint density at radius 3 is 2.89 bits per heavy atom. The van der Waals surface area contributed by atoms with Gasteiger partial charge in [-0.2, -0.15) is 0 Å². The molecule has 4 nitrogen and oxygen atoms in total. The Kier molecular flexibility index (Phi) is 4.42. The lowest BCUT2D eigenvalue weighted by Gasteiger charge is -2.20. The second-order valence-electron chi connectivity index (χ2n) is 4.16. The van der Waals surface area contributed by atoms with Crippen LogP contribution < -0.4 is 5.73 Å². The molecular weight excluding hydrogens is 267 g/mol. The first kappa shape index (κ1) is 13.9. The van der Waals surface area contributed by atoms with Crippen molar-refractivity contribution >= 4 is 23.6 Å². The summed E-state index contributed by atoms with van der Waals surface area (Å²) in [6.45, 7) is 0.491. The van der Waals surface area contributed by atoms with E-state index in [4.69, 9.17) is 5.73 Å². The van der Waals surface area contributed by atoms with Gasteiger partial charge in [-0.15, -0.1) is 11.8 Å². The van der Waals surface area contributed by atoms with Gasteiger partial charge < -0.3 is 10.6 Å². The van der Waals surface area contributed by atoms with Crippen LogP contribution in [0.4, 0.5) is 4.39 Å². The predicted octanol–water partition coefficient (Wildman–Crippen LogP) is 0.959. The molecule has 2 N–H and O–H groups in total. The topological polar surface area (TPSA) is 63.4 Å². The van der Waals surface area contributed by atoms with Crippen molar-refractivity contribution in [1.29, 1.82) is 0 Å². The van der Waals surface area contributed by atoms with Gasteiger partial charge in [0.2, 0.25) is 5.91 Å². The number of hydrogen-bond donors (Lipinski definition) is 1. The summed E-state index contributed by atoms with van der Waals surface area (Å²) in [5.41, 5.74) is 5.69. The SMILES string of the molecule is NC(=O)C1SCCN1C(=O)[CH]Cc1ccccc1F. The normalized spacial score (nSPS) is 18.6. The van der Waals surface area contributed by atoms with Gasteiger partial charge in [-0.25, -0.2) is 4.39 Å². The molecule has 0 bridgehead atoms. The van der Waals surface area contributed by atoms with Gasteiger partial charge >= 0.3 is 0 Å². The minimum absolute atomic E-state index is 0.207. The largest absolute Gasteiger partial charge is 0.367 e. The first-order valence-electron chi connectivity index (χ1n) is 5.87. The van der Waals surface area contributed by atoms with Crippen molar-refractivity contribution in [2.24, 2.45) is 5.73 Å². The maximum atomic E-state index is 13.4. The fourth-order valence-corrected chi connectivity index (χ4v) is 2.99. The molecule has 101 valence electrons. The van der Waals surface area contributed by atoms with Gasteiger partial charge in [0.1, 0.15) is 5.82 Å². The summed E-state index contributed by atoms with van der Waals surface area (Å²) >= 11 is 1.35. The van der Waals surface area contributed by atoms with E-state index in [0.717, 1.165) is 0 Å². The van der Waals surface area contributed by atoms with Crippen molar-refractivity contribution in [3.8, 4) is 0 Å². The second-order valence-corrected chi connectivity index (χ2v) is 5.34. The summed E-state index contributed by atoms with van der Waals surface area (Å²) in [6.07, 6.45) is 1.60. The average Bonchev–Trinajstić information content (AvgIpc) is 2.87. The molecule has 1 fully saturated rings. The standard InChI is InChI=1S/C13H14FN2O2S/c14-10-4-2-1-3-9(10)5-6-11(17)16-7-8-19-13(16)12(15)18/h1-4,6,13H,5,7-8H2,(H2,15,18). The number of thioether (sulfide) groups is 1. The Morgan fingerprint density at radius 2 is 2.21 bits per heavy atom. The van der Waals surface area contributed by atoms with Gasteiger partial charge in [0.15, 0.2) is 5.37 Å². The molecule has 1 saturated heterocycles. The Balaban J connectivity index is 1.95. The number of hydrogen-bond acceptors (Lipinski definition) is 3. The van der Waals surface area contributed by atoms with E-state index in [2.05, 4.69) is 0 Å². The molecule has 0 aliphatic carbocycles. The molecule has 0 aromatic heterocycles. The van der Waals surface area contributed by atoms with E-state index in [1.165, 1.54) is 29.1 Å². The number of halogens is 1. The monoisotopic (exact) mass is 281 g/mol. The van der Waals surface area contributed by atoms with Crippen LogP contribution in [0.25, 0.3) is 0 Å². The van der Waals surface area contributed by atoms with Crippen LogP contribution in [0.1, 0.15) is 5.56 Å². The third-order valence-corrected chi connectivity index (χ3v) is 4.09. The van der Waals surface area contributed by atoms with Crippen LogP contribution >= 0.6 is 11.8 Å². The summed E-state index contributed by atoms with van der Waals surface area (Å²) in [5, 5.41) is -0.607. The van der Waals surface area contributed by atoms with Gasteiger partial charge in [-0.1, -0.05) is 18.2 Å². The van der Waals surface area contributed by atoms with Crippen molar-refractivity contribution in [3.63, 3.8) is 0 Å². The van der Waals surface area contributed by atoms with E-state index < -0.39 is 11.3 Å². The molecule has 6 heteroatoms. The van der Waals surface area contributed by atoms with E-state index in [1.54, 1.807) is 18.2 Å². The van der Waals surface area contributed by atoms with Gasteiger partial charge in [0.25, 0.3) is 5.91 Å². The number of carbonyl (C=O) groups excluding carboxylic acids is 2. The molecule has 1 aromatic carbocycles. The number of benzene rings is 1. The number of rotatable bonds is 4. The predicted molar refractivity (Wildman–Crippen MR) is 71.6 cm³/mol. The zero-order chi connectivity index (χ0) is 13.8. The molecule has 0 saturated carbocycles. The van der Waals surface area contributed by atoms with Crippen molar-refractivity contribution in [2.45, 2.75) is 11.8 Å². The van der Waals surface area contributed by atoms with Gasteiger partial charge in [-0.05, 0) is 18.1 Å². The second kappa shape index (κ2) is 6.06. The van der Waals surface area contributed by atoms with Crippen LogP contribution in [0.3, 0.4) is 0 Å². The molecule has 19 heavy (non-hydrogen) atoms. The van der Waals surface area contributed by atoms with Crippen LogP contribution in [0.5, 0.6) is 0 Å². The minimum Gasteiger partial charge on any atom is -0.367 e. The molecular formula is C13H14FN2O2S. The maximum absolute atomic E-state index is 13.4. The number of carbonyl (C=O) groups is 2. The van der Waals surface area contributed by atoms with E-state index >= 15 is 0 Å². The molecule has 2 amide bonds. The van der Waals surface area contributed by atoms with Crippen LogP contribution in [0.2, 0.25) is 0 Å². The molecule has 1 unspecified atom stereocenters. The van der Waals surface area contributed by atoms with E-state index in [9.17, 15) is 14.0 Å². The molecule has 1 aliphatic heterocycles. The average molecular weight is 281 g/mol. The first-order valence-corrected chi connectivity index (χ1v) is 6.92. The quantitative estimate of drug-likeness (QED) is 0.894. The van der Waals surface area contributed by atoms with Crippen molar-refractivity contribution < 1.29 is 14.0 Å². The molecule has 2 rings (SSSR count). The highest BCUT2D eigenvalue weighted by molar-refractivity contribution is 8.00. The van der Waals surface area contributed by atoms with Crippen LogP contribution in [-0.4, -0.2) is 34.4 Å². The molecule has 1 radical (unpaired) electrons. The lowest BCUT2D eigenvalue weighted by molar-refractivity contribution is -0.132. The first-order chi connectivity index (χ1) is 9.09. The third kappa shape index (κ3) is 3.26. The number of primary amides is 1. The highest BCUT2D eigenvalue weighted by Gasteiger charge is 2.33. The van der Waals surface area contributed by atoms with Crippen molar-refractivity contribution in [2.75, 3.05) is 12.3 Å². The Hall–Kier alpha value is -1.56. The Morgan fingerprint density at radius 1 is 1.47 bits per heavy atom. The van der Waals surface area contributed by atoms with Gasteiger partial charge in [0, 0.05) is 12.3 Å². The highest BCUT2D eigenvalue weighted by Crippen LogP contribution is 2.24. The zero-order valence-electron chi connectivity index (χ0n) is 10.2. The molecule has 0 spiro atoms. The molecule has 1 atom stereocenters. The number of amides is 2. The summed E-state index contributed by atoms with van der Waals surface area (Å²) in [5.74, 6) is -0.451. The van der Waals surface area contributed by atoms with E-state index in [1.807, 2.05) is 0 Å². The zero-order valence-corrected chi connectivity index (χ0v) is 11.0. The van der Waals surface area contributed by atoms with Crippen LogP contribution in [0.15, 0.2) is 24.3 Å². The molecule has 1 aromatic rings. The molecule has 1 heterocycles. The summed E-state index contributed by atoms with van der Waals surface area (Å²) < 4.78 is 13.4.